The molecule has 0 bridgehead atoms. The molecule has 1 aromatic heterocycles. The molecule has 0 aromatic carbocycles. The van der Waals surface area contributed by atoms with E-state index in [-0.39, 0.29) is 24.0 Å². The second-order valence-electron chi connectivity index (χ2n) is 6.33. The Bertz CT molecular complexity index is 478. The first-order valence-corrected chi connectivity index (χ1v) is 9.66. The van der Waals surface area contributed by atoms with Crippen LogP contribution >= 0.6 is 24.0 Å². The maximum atomic E-state index is 5.64. The first-order valence-electron chi connectivity index (χ1n) is 9.66. The SMILES string of the molecule is CCNC(=NCCCN1CCCCCC1)NCCOc1cccnc1.I. The lowest BCUT2D eigenvalue weighted by Gasteiger charge is -2.19. The molecule has 0 radical (unpaired) electrons. The molecule has 2 rings (SSSR count). The van der Waals surface area contributed by atoms with Crippen LogP contribution in [-0.4, -0.2) is 61.7 Å². The number of nitrogens with zero attached hydrogens (tertiary/aromatic N) is 3. The normalized spacial score (nSPS) is 15.7. The van der Waals surface area contributed by atoms with Gasteiger partial charge in [0, 0.05) is 19.3 Å². The van der Waals surface area contributed by atoms with Gasteiger partial charge in [-0.25, -0.2) is 0 Å². The smallest absolute Gasteiger partial charge is 0.191 e. The summed E-state index contributed by atoms with van der Waals surface area (Å²) in [5.74, 6) is 1.66. The van der Waals surface area contributed by atoms with E-state index in [1.165, 1.54) is 38.8 Å². The van der Waals surface area contributed by atoms with Crippen molar-refractivity contribution in [2.45, 2.75) is 39.0 Å². The molecule has 6 nitrogen and oxygen atoms in total. The molecular weight excluding hydrogens is 441 g/mol. The highest BCUT2D eigenvalue weighted by molar-refractivity contribution is 14.0. The number of guanidine groups is 1. The van der Waals surface area contributed by atoms with E-state index in [4.69, 9.17) is 4.74 Å². The predicted octanol–water partition coefficient (Wildman–Crippen LogP) is 2.90. The zero-order valence-corrected chi connectivity index (χ0v) is 18.3. The number of rotatable bonds is 9. The summed E-state index contributed by atoms with van der Waals surface area (Å²) >= 11 is 0. The average molecular weight is 475 g/mol. The van der Waals surface area contributed by atoms with Crippen LogP contribution in [0.3, 0.4) is 0 Å². The van der Waals surface area contributed by atoms with E-state index >= 15 is 0 Å². The third-order valence-electron chi connectivity index (χ3n) is 4.24. The van der Waals surface area contributed by atoms with Crippen LogP contribution in [0, 0.1) is 0 Å². The second kappa shape index (κ2) is 15.0. The average Bonchev–Trinajstić information content (AvgIpc) is 2.92. The Morgan fingerprint density at radius 2 is 2.04 bits per heavy atom. The summed E-state index contributed by atoms with van der Waals surface area (Å²) in [6, 6.07) is 3.79. The van der Waals surface area contributed by atoms with Gasteiger partial charge in [-0.3, -0.25) is 9.98 Å². The van der Waals surface area contributed by atoms with Crippen molar-refractivity contribution in [1.29, 1.82) is 0 Å². The molecule has 1 saturated heterocycles. The van der Waals surface area contributed by atoms with E-state index in [0.29, 0.717) is 13.2 Å². The minimum absolute atomic E-state index is 0. The first kappa shape index (κ1) is 23.0. The van der Waals surface area contributed by atoms with Crippen molar-refractivity contribution in [3.05, 3.63) is 24.5 Å². The molecule has 0 spiro atoms. The lowest BCUT2D eigenvalue weighted by molar-refractivity contribution is 0.283. The maximum Gasteiger partial charge on any atom is 0.191 e. The largest absolute Gasteiger partial charge is 0.490 e. The third kappa shape index (κ3) is 10.2. The summed E-state index contributed by atoms with van der Waals surface area (Å²) in [4.78, 5) is 11.3. The lowest BCUT2D eigenvalue weighted by Crippen LogP contribution is -2.39. The molecule has 148 valence electrons. The molecular formula is C19H34IN5O. The van der Waals surface area contributed by atoms with Gasteiger partial charge in [0.1, 0.15) is 12.4 Å². The zero-order chi connectivity index (χ0) is 17.6. The van der Waals surface area contributed by atoms with E-state index in [0.717, 1.165) is 37.8 Å². The van der Waals surface area contributed by atoms with Gasteiger partial charge in [-0.1, -0.05) is 12.8 Å². The van der Waals surface area contributed by atoms with Crippen molar-refractivity contribution in [3.8, 4) is 5.75 Å². The van der Waals surface area contributed by atoms with E-state index in [2.05, 4.69) is 32.4 Å². The Balaban J connectivity index is 0.00000338. The van der Waals surface area contributed by atoms with E-state index in [9.17, 15) is 0 Å². The number of hydrogen-bond donors (Lipinski definition) is 2. The Morgan fingerprint density at radius 1 is 1.23 bits per heavy atom. The van der Waals surface area contributed by atoms with Crippen LogP contribution in [0.15, 0.2) is 29.5 Å². The van der Waals surface area contributed by atoms with Crippen molar-refractivity contribution in [1.82, 2.24) is 20.5 Å². The van der Waals surface area contributed by atoms with Crippen LogP contribution in [0.1, 0.15) is 39.0 Å². The fourth-order valence-electron chi connectivity index (χ4n) is 2.96. The van der Waals surface area contributed by atoms with Gasteiger partial charge in [0.2, 0.25) is 0 Å². The van der Waals surface area contributed by atoms with Crippen LogP contribution < -0.4 is 15.4 Å². The summed E-state index contributed by atoms with van der Waals surface area (Å²) in [6.07, 6.45) is 10.1. The van der Waals surface area contributed by atoms with Crippen LogP contribution in [0.2, 0.25) is 0 Å². The molecule has 2 heterocycles. The van der Waals surface area contributed by atoms with Crippen LogP contribution in [-0.2, 0) is 0 Å². The molecule has 2 N–H and O–H groups in total. The fraction of sp³-hybridized carbons (Fsp3) is 0.684. The maximum absolute atomic E-state index is 5.64. The number of ether oxygens (including phenoxy) is 1. The topological polar surface area (TPSA) is 61.8 Å². The molecule has 0 aliphatic carbocycles. The van der Waals surface area contributed by atoms with Gasteiger partial charge < -0.3 is 20.3 Å². The quantitative estimate of drug-likeness (QED) is 0.249. The molecule has 0 atom stereocenters. The Kier molecular flexibility index (Phi) is 13.3. The van der Waals surface area contributed by atoms with Gasteiger partial charge >= 0.3 is 0 Å². The van der Waals surface area contributed by atoms with Crippen LogP contribution in [0.25, 0.3) is 0 Å². The Labute approximate surface area is 175 Å². The van der Waals surface area contributed by atoms with Crippen LogP contribution in [0.5, 0.6) is 5.75 Å². The summed E-state index contributed by atoms with van der Waals surface area (Å²) in [5.41, 5.74) is 0. The lowest BCUT2D eigenvalue weighted by atomic mass is 10.2. The number of aromatic nitrogens is 1. The molecule has 7 heteroatoms. The Hall–Kier alpha value is -1.09. The van der Waals surface area contributed by atoms with Crippen LogP contribution in [0.4, 0.5) is 0 Å². The number of aliphatic imine (C=N–C) groups is 1. The highest BCUT2D eigenvalue weighted by Crippen LogP contribution is 2.09. The Morgan fingerprint density at radius 3 is 2.73 bits per heavy atom. The zero-order valence-electron chi connectivity index (χ0n) is 16.0. The summed E-state index contributed by atoms with van der Waals surface area (Å²) in [7, 11) is 0. The highest BCUT2D eigenvalue weighted by Gasteiger charge is 2.07. The van der Waals surface area contributed by atoms with Crippen molar-refractivity contribution >= 4 is 29.9 Å². The monoisotopic (exact) mass is 475 g/mol. The molecule has 1 aromatic rings. The molecule has 1 aliphatic rings. The van der Waals surface area contributed by atoms with Crippen molar-refractivity contribution in [2.24, 2.45) is 4.99 Å². The van der Waals surface area contributed by atoms with Gasteiger partial charge in [-0.05, 0) is 58.0 Å². The van der Waals surface area contributed by atoms with Gasteiger partial charge in [0.25, 0.3) is 0 Å². The first-order chi connectivity index (χ1) is 12.4. The highest BCUT2D eigenvalue weighted by atomic mass is 127. The molecule has 0 amide bonds. The molecule has 0 saturated carbocycles. The van der Waals surface area contributed by atoms with Crippen molar-refractivity contribution in [3.63, 3.8) is 0 Å². The second-order valence-corrected chi connectivity index (χ2v) is 6.33. The van der Waals surface area contributed by atoms with E-state index in [1.807, 2.05) is 12.1 Å². The minimum Gasteiger partial charge on any atom is -0.490 e. The van der Waals surface area contributed by atoms with Gasteiger partial charge in [-0.2, -0.15) is 0 Å². The summed E-state index contributed by atoms with van der Waals surface area (Å²) in [6.45, 7) is 8.78. The number of hydrogen-bond acceptors (Lipinski definition) is 4. The van der Waals surface area contributed by atoms with Crippen molar-refractivity contribution in [2.75, 3.05) is 45.9 Å². The molecule has 1 aliphatic heterocycles. The van der Waals surface area contributed by atoms with Gasteiger partial charge in [0.15, 0.2) is 5.96 Å². The number of pyridine rings is 1. The minimum atomic E-state index is 0. The number of nitrogens with one attached hydrogen (secondary N) is 2. The van der Waals surface area contributed by atoms with E-state index in [1.54, 1.807) is 12.4 Å². The molecule has 26 heavy (non-hydrogen) atoms. The number of likely N-dealkylation sites (tertiary alicyclic amines) is 1. The van der Waals surface area contributed by atoms with E-state index < -0.39 is 0 Å². The molecule has 0 unspecified atom stereocenters. The fourth-order valence-corrected chi connectivity index (χ4v) is 2.96. The third-order valence-corrected chi connectivity index (χ3v) is 4.24. The van der Waals surface area contributed by atoms with Crippen molar-refractivity contribution < 1.29 is 4.74 Å². The number of halogens is 1. The molecule has 1 fully saturated rings. The summed E-state index contributed by atoms with van der Waals surface area (Å²) in [5, 5.41) is 6.61. The summed E-state index contributed by atoms with van der Waals surface area (Å²) < 4.78 is 5.64. The van der Waals surface area contributed by atoms with Gasteiger partial charge in [-0.15, -0.1) is 24.0 Å². The predicted molar refractivity (Wildman–Crippen MR) is 119 cm³/mol. The standard InChI is InChI=1S/C19H33N5O.HI/c1-2-21-19(23-12-16-25-18-9-7-10-20-17-18)22-11-8-15-24-13-5-3-4-6-14-24;/h7,9-10,17H,2-6,8,11-16H2,1H3,(H2,21,22,23);1H. The van der Waals surface area contributed by atoms with Gasteiger partial charge in [0.05, 0.1) is 12.7 Å².